The average Bonchev–Trinajstić information content (AvgIpc) is 2.49. The van der Waals surface area contributed by atoms with Crippen LogP contribution in [0.15, 0.2) is 43.0 Å². The number of carboxylic acids is 1. The van der Waals surface area contributed by atoms with E-state index in [2.05, 4.69) is 11.9 Å². The van der Waals surface area contributed by atoms with E-state index in [0.29, 0.717) is 25.9 Å². The molecule has 0 heterocycles. The van der Waals surface area contributed by atoms with Crippen molar-refractivity contribution in [1.82, 2.24) is 10.2 Å². The molecule has 0 spiro atoms. The van der Waals surface area contributed by atoms with Crippen LogP contribution in [0, 0.1) is 0 Å². The first kappa shape index (κ1) is 16.8. The highest BCUT2D eigenvalue weighted by molar-refractivity contribution is 5.82. The Bertz CT molecular complexity index is 474. The highest BCUT2D eigenvalue weighted by atomic mass is 16.4. The Morgan fingerprint density at radius 2 is 2.05 bits per heavy atom. The third-order valence-electron chi connectivity index (χ3n) is 3.18. The number of likely N-dealkylation sites (N-methyl/N-ethyl adjacent to an activating group) is 1. The predicted molar refractivity (Wildman–Crippen MR) is 82.2 cm³/mol. The molecule has 0 fully saturated rings. The summed E-state index contributed by atoms with van der Waals surface area (Å²) in [5.41, 5.74) is 1.05. The minimum absolute atomic E-state index is 0.358. The number of aryl methyl sites for hydroxylation is 1. The van der Waals surface area contributed by atoms with E-state index < -0.39 is 12.0 Å². The van der Waals surface area contributed by atoms with Crippen LogP contribution in [0.5, 0.6) is 0 Å². The molecule has 1 aromatic carbocycles. The quantitative estimate of drug-likeness (QED) is 0.722. The number of urea groups is 1. The third-order valence-corrected chi connectivity index (χ3v) is 3.18. The zero-order valence-corrected chi connectivity index (χ0v) is 12.3. The molecule has 1 rings (SSSR count). The Labute approximate surface area is 125 Å². The molecule has 0 saturated carbocycles. The maximum atomic E-state index is 12.0. The summed E-state index contributed by atoms with van der Waals surface area (Å²) in [4.78, 5) is 24.8. The first-order chi connectivity index (χ1) is 10.1. The van der Waals surface area contributed by atoms with Crippen molar-refractivity contribution in [1.29, 1.82) is 0 Å². The van der Waals surface area contributed by atoms with Gasteiger partial charge in [-0.3, -0.25) is 0 Å². The summed E-state index contributed by atoms with van der Waals surface area (Å²) in [7, 11) is 0. The summed E-state index contributed by atoms with van der Waals surface area (Å²) in [5.74, 6) is -1.02. The van der Waals surface area contributed by atoms with Gasteiger partial charge < -0.3 is 15.3 Å². The molecule has 1 atom stereocenters. The zero-order valence-electron chi connectivity index (χ0n) is 12.3. The number of aliphatic carboxylic acids is 1. The van der Waals surface area contributed by atoms with Gasteiger partial charge in [0.05, 0.1) is 0 Å². The van der Waals surface area contributed by atoms with Crippen molar-refractivity contribution in [2.24, 2.45) is 0 Å². The van der Waals surface area contributed by atoms with Crippen molar-refractivity contribution in [3.63, 3.8) is 0 Å². The van der Waals surface area contributed by atoms with Crippen LogP contribution in [0.4, 0.5) is 4.79 Å². The summed E-state index contributed by atoms with van der Waals surface area (Å²) in [6, 6.07) is 8.34. The van der Waals surface area contributed by atoms with Crippen LogP contribution in [0.2, 0.25) is 0 Å². The van der Waals surface area contributed by atoms with E-state index in [1.807, 2.05) is 37.3 Å². The van der Waals surface area contributed by atoms with Gasteiger partial charge in [0.1, 0.15) is 6.04 Å². The number of hydrogen-bond donors (Lipinski definition) is 2. The number of hydrogen-bond acceptors (Lipinski definition) is 2. The molecule has 21 heavy (non-hydrogen) atoms. The first-order valence-electron chi connectivity index (χ1n) is 7.01. The van der Waals surface area contributed by atoms with Gasteiger partial charge in [-0.15, -0.1) is 6.58 Å². The number of benzene rings is 1. The Kier molecular flexibility index (Phi) is 7.01. The maximum absolute atomic E-state index is 12.0. The first-order valence-corrected chi connectivity index (χ1v) is 7.01. The van der Waals surface area contributed by atoms with Gasteiger partial charge in [-0.2, -0.15) is 0 Å². The van der Waals surface area contributed by atoms with Crippen molar-refractivity contribution in [3.05, 3.63) is 48.6 Å². The maximum Gasteiger partial charge on any atom is 0.326 e. The van der Waals surface area contributed by atoms with Crippen molar-refractivity contribution < 1.29 is 14.7 Å². The van der Waals surface area contributed by atoms with E-state index >= 15 is 0 Å². The number of carbonyl (C=O) groups is 2. The van der Waals surface area contributed by atoms with E-state index in [1.165, 1.54) is 4.90 Å². The number of rotatable bonds is 8. The van der Waals surface area contributed by atoms with Gasteiger partial charge in [-0.25, -0.2) is 9.59 Å². The number of nitrogens with one attached hydrogen (secondary N) is 1. The molecule has 2 N–H and O–H groups in total. The highest BCUT2D eigenvalue weighted by Gasteiger charge is 2.21. The fraction of sp³-hybridized carbons (Fsp3) is 0.375. The summed E-state index contributed by atoms with van der Waals surface area (Å²) < 4.78 is 0. The van der Waals surface area contributed by atoms with Crippen LogP contribution >= 0.6 is 0 Å². The second-order valence-corrected chi connectivity index (χ2v) is 4.69. The van der Waals surface area contributed by atoms with Crippen molar-refractivity contribution >= 4 is 12.0 Å². The lowest BCUT2D eigenvalue weighted by atomic mass is 10.1. The Balaban J connectivity index is 2.59. The second-order valence-electron chi connectivity index (χ2n) is 4.69. The number of carbonyl (C=O) groups excluding carboxylic acids is 1. The van der Waals surface area contributed by atoms with Gasteiger partial charge in [0, 0.05) is 13.1 Å². The normalized spacial score (nSPS) is 11.5. The van der Waals surface area contributed by atoms with Crippen LogP contribution in [0.1, 0.15) is 18.9 Å². The van der Waals surface area contributed by atoms with Crippen LogP contribution < -0.4 is 5.32 Å². The van der Waals surface area contributed by atoms with Crippen molar-refractivity contribution in [3.8, 4) is 0 Å². The molecule has 2 amide bonds. The molecule has 0 radical (unpaired) electrons. The topological polar surface area (TPSA) is 69.6 Å². The zero-order chi connectivity index (χ0) is 15.7. The molecule has 0 bridgehead atoms. The van der Waals surface area contributed by atoms with E-state index in [0.717, 1.165) is 5.56 Å². The second kappa shape index (κ2) is 8.79. The molecule has 0 aliphatic heterocycles. The van der Waals surface area contributed by atoms with Crippen molar-refractivity contribution in [2.45, 2.75) is 25.8 Å². The fourth-order valence-electron chi connectivity index (χ4n) is 1.96. The standard InChI is InChI=1S/C16H22N2O3/c1-3-12-18(4-2)16(21)17-14(15(19)20)11-10-13-8-6-5-7-9-13/h3,5-9,14H,1,4,10-12H2,2H3,(H,17,21)(H,19,20)/t14-/m0/s1. The fourth-order valence-corrected chi connectivity index (χ4v) is 1.96. The number of nitrogens with zero attached hydrogens (tertiary/aromatic N) is 1. The molecule has 0 aromatic heterocycles. The summed E-state index contributed by atoms with van der Waals surface area (Å²) in [5, 5.41) is 11.8. The largest absolute Gasteiger partial charge is 0.480 e. The molecule has 114 valence electrons. The molecule has 0 aliphatic rings. The Morgan fingerprint density at radius 3 is 2.57 bits per heavy atom. The molecule has 1 aromatic rings. The number of amides is 2. The van der Waals surface area contributed by atoms with E-state index in [4.69, 9.17) is 0 Å². The van der Waals surface area contributed by atoms with Gasteiger partial charge in [-0.1, -0.05) is 36.4 Å². The summed E-state index contributed by atoms with van der Waals surface area (Å²) in [6.07, 6.45) is 2.57. The van der Waals surface area contributed by atoms with Crippen molar-refractivity contribution in [2.75, 3.05) is 13.1 Å². The SMILES string of the molecule is C=CCN(CC)C(=O)N[C@@H](CCc1ccccc1)C(=O)O. The molecule has 0 unspecified atom stereocenters. The van der Waals surface area contributed by atoms with E-state index in [-0.39, 0.29) is 6.03 Å². The van der Waals surface area contributed by atoms with Gasteiger partial charge in [0.15, 0.2) is 0 Å². The molecular formula is C16H22N2O3. The van der Waals surface area contributed by atoms with E-state index in [1.54, 1.807) is 6.08 Å². The smallest absolute Gasteiger partial charge is 0.326 e. The lowest BCUT2D eigenvalue weighted by Crippen LogP contribution is -2.48. The monoisotopic (exact) mass is 290 g/mol. The molecule has 0 saturated heterocycles. The minimum Gasteiger partial charge on any atom is -0.480 e. The molecule has 0 aliphatic carbocycles. The van der Waals surface area contributed by atoms with Gasteiger partial charge in [-0.05, 0) is 25.3 Å². The molecule has 5 heteroatoms. The van der Waals surface area contributed by atoms with Gasteiger partial charge in [0.2, 0.25) is 0 Å². The number of carboxylic acid groups (broad SMARTS) is 1. The highest BCUT2D eigenvalue weighted by Crippen LogP contribution is 2.06. The third kappa shape index (κ3) is 5.69. The Morgan fingerprint density at radius 1 is 1.38 bits per heavy atom. The van der Waals surface area contributed by atoms with Gasteiger partial charge >= 0.3 is 12.0 Å². The Hall–Kier alpha value is -2.30. The van der Waals surface area contributed by atoms with E-state index in [9.17, 15) is 14.7 Å². The minimum atomic E-state index is -1.02. The summed E-state index contributed by atoms with van der Waals surface area (Å²) in [6.45, 7) is 6.32. The van der Waals surface area contributed by atoms with Crippen LogP contribution in [-0.4, -0.2) is 41.1 Å². The van der Waals surface area contributed by atoms with Gasteiger partial charge in [0.25, 0.3) is 0 Å². The molecular weight excluding hydrogens is 268 g/mol. The lowest BCUT2D eigenvalue weighted by molar-refractivity contribution is -0.139. The molecule has 5 nitrogen and oxygen atoms in total. The van der Waals surface area contributed by atoms with Crippen LogP contribution in [-0.2, 0) is 11.2 Å². The lowest BCUT2D eigenvalue weighted by Gasteiger charge is -2.22. The predicted octanol–water partition coefficient (Wildman–Crippen LogP) is 2.29. The van der Waals surface area contributed by atoms with Crippen LogP contribution in [0.25, 0.3) is 0 Å². The average molecular weight is 290 g/mol. The summed E-state index contributed by atoms with van der Waals surface area (Å²) >= 11 is 0. The van der Waals surface area contributed by atoms with Crippen LogP contribution in [0.3, 0.4) is 0 Å².